The van der Waals surface area contributed by atoms with Gasteiger partial charge in [-0.15, -0.1) is 0 Å². The summed E-state index contributed by atoms with van der Waals surface area (Å²) in [6, 6.07) is 14.7. The van der Waals surface area contributed by atoms with Crippen molar-refractivity contribution >= 4 is 12.0 Å². The SMILES string of the molecule is O=C(C=Cc1cccnc1)NCCCCN1CCC(c2ccccc2)CC1. The van der Waals surface area contributed by atoms with Crippen LogP contribution in [0, 0.1) is 0 Å². The molecule has 1 aromatic heterocycles. The van der Waals surface area contributed by atoms with Crippen molar-refractivity contribution in [3.8, 4) is 0 Å². The van der Waals surface area contributed by atoms with E-state index < -0.39 is 0 Å². The Labute approximate surface area is 162 Å². The zero-order chi connectivity index (χ0) is 18.7. The van der Waals surface area contributed by atoms with E-state index in [1.54, 1.807) is 24.5 Å². The summed E-state index contributed by atoms with van der Waals surface area (Å²) in [5.41, 5.74) is 2.42. The predicted molar refractivity (Wildman–Crippen MR) is 110 cm³/mol. The van der Waals surface area contributed by atoms with E-state index in [1.807, 2.05) is 12.1 Å². The number of rotatable bonds is 8. The number of carbonyl (C=O) groups excluding carboxylic acids is 1. The standard InChI is InChI=1S/C23H29N3O/c27-23(11-10-20-7-6-14-24-19-20)25-15-4-5-16-26-17-12-22(13-18-26)21-8-2-1-3-9-21/h1-3,6-11,14,19,22H,4-5,12-13,15-18H2,(H,25,27). The molecule has 0 bridgehead atoms. The van der Waals surface area contributed by atoms with Gasteiger partial charge in [0.2, 0.25) is 5.91 Å². The highest BCUT2D eigenvalue weighted by atomic mass is 16.1. The molecule has 1 aromatic carbocycles. The molecule has 1 aliphatic rings. The lowest BCUT2D eigenvalue weighted by atomic mass is 9.89. The van der Waals surface area contributed by atoms with Gasteiger partial charge in [0.05, 0.1) is 0 Å². The first-order valence-electron chi connectivity index (χ1n) is 9.94. The third-order valence-corrected chi connectivity index (χ3v) is 5.17. The molecule has 0 saturated carbocycles. The summed E-state index contributed by atoms with van der Waals surface area (Å²) >= 11 is 0. The molecule has 27 heavy (non-hydrogen) atoms. The van der Waals surface area contributed by atoms with Gasteiger partial charge in [-0.25, -0.2) is 0 Å². The van der Waals surface area contributed by atoms with Gasteiger partial charge in [-0.3, -0.25) is 9.78 Å². The molecule has 0 unspecified atom stereocenters. The Morgan fingerprint density at radius 2 is 1.93 bits per heavy atom. The predicted octanol–water partition coefficient (Wildman–Crippen LogP) is 3.87. The first kappa shape index (κ1) is 19.3. The number of piperidine rings is 1. The summed E-state index contributed by atoms with van der Waals surface area (Å²) in [7, 11) is 0. The van der Waals surface area contributed by atoms with Crippen molar-refractivity contribution in [1.29, 1.82) is 0 Å². The Kier molecular flexibility index (Phi) is 7.60. The molecule has 0 spiro atoms. The van der Waals surface area contributed by atoms with Crippen molar-refractivity contribution in [2.45, 2.75) is 31.6 Å². The van der Waals surface area contributed by atoms with E-state index in [4.69, 9.17) is 0 Å². The van der Waals surface area contributed by atoms with E-state index in [0.29, 0.717) is 5.92 Å². The van der Waals surface area contributed by atoms with Gasteiger partial charge < -0.3 is 10.2 Å². The van der Waals surface area contributed by atoms with Gasteiger partial charge in [-0.1, -0.05) is 36.4 Å². The molecule has 2 aromatic rings. The molecule has 0 aliphatic carbocycles. The fourth-order valence-corrected chi connectivity index (χ4v) is 3.59. The minimum absolute atomic E-state index is 0.0393. The van der Waals surface area contributed by atoms with E-state index in [0.717, 1.165) is 31.5 Å². The van der Waals surface area contributed by atoms with E-state index in [-0.39, 0.29) is 5.91 Å². The topological polar surface area (TPSA) is 45.2 Å². The molecule has 4 heteroatoms. The molecule has 1 N–H and O–H groups in total. The third kappa shape index (κ3) is 6.65. The van der Waals surface area contributed by atoms with Crippen LogP contribution in [0.4, 0.5) is 0 Å². The van der Waals surface area contributed by atoms with E-state index in [2.05, 4.69) is 45.5 Å². The van der Waals surface area contributed by atoms with Crippen molar-refractivity contribution in [2.24, 2.45) is 0 Å². The Balaban J connectivity index is 1.26. The smallest absolute Gasteiger partial charge is 0.243 e. The quantitative estimate of drug-likeness (QED) is 0.572. The second-order valence-corrected chi connectivity index (χ2v) is 7.14. The minimum Gasteiger partial charge on any atom is -0.353 e. The average Bonchev–Trinajstić information content (AvgIpc) is 2.74. The maximum atomic E-state index is 11.8. The molecule has 1 amide bonds. The van der Waals surface area contributed by atoms with E-state index in [1.165, 1.54) is 31.5 Å². The first-order chi connectivity index (χ1) is 13.3. The summed E-state index contributed by atoms with van der Waals surface area (Å²) in [5.74, 6) is 0.677. The zero-order valence-corrected chi connectivity index (χ0v) is 15.9. The van der Waals surface area contributed by atoms with Crippen LogP contribution in [0.3, 0.4) is 0 Å². The number of hydrogen-bond acceptors (Lipinski definition) is 3. The number of nitrogens with one attached hydrogen (secondary N) is 1. The van der Waals surface area contributed by atoms with Crippen LogP contribution in [0.2, 0.25) is 0 Å². The summed E-state index contributed by atoms with van der Waals surface area (Å²) in [5, 5.41) is 2.95. The van der Waals surface area contributed by atoms with Gasteiger partial charge in [-0.2, -0.15) is 0 Å². The zero-order valence-electron chi connectivity index (χ0n) is 15.9. The molecule has 3 rings (SSSR count). The van der Waals surface area contributed by atoms with Gasteiger partial charge in [0.15, 0.2) is 0 Å². The number of likely N-dealkylation sites (tertiary alicyclic amines) is 1. The van der Waals surface area contributed by atoms with Gasteiger partial charge in [0.1, 0.15) is 0 Å². The average molecular weight is 364 g/mol. The molecule has 0 atom stereocenters. The van der Waals surface area contributed by atoms with Crippen LogP contribution in [0.15, 0.2) is 60.9 Å². The highest BCUT2D eigenvalue weighted by molar-refractivity contribution is 5.91. The molecule has 1 aliphatic heterocycles. The number of amides is 1. The largest absolute Gasteiger partial charge is 0.353 e. The van der Waals surface area contributed by atoms with Crippen molar-refractivity contribution < 1.29 is 4.79 Å². The molecule has 0 radical (unpaired) electrons. The highest BCUT2D eigenvalue weighted by Gasteiger charge is 2.19. The Hall–Kier alpha value is -2.46. The Morgan fingerprint density at radius 1 is 1.11 bits per heavy atom. The number of benzene rings is 1. The van der Waals surface area contributed by atoms with Gasteiger partial charge in [0, 0.05) is 25.0 Å². The molecule has 2 heterocycles. The molecule has 1 saturated heterocycles. The molecular weight excluding hydrogens is 334 g/mol. The molecule has 142 valence electrons. The normalized spacial score (nSPS) is 15.9. The fourth-order valence-electron chi connectivity index (χ4n) is 3.59. The third-order valence-electron chi connectivity index (χ3n) is 5.17. The summed E-state index contributed by atoms with van der Waals surface area (Å²) in [6.07, 6.45) is 11.5. The molecule has 4 nitrogen and oxygen atoms in total. The van der Waals surface area contributed by atoms with Crippen LogP contribution in [0.1, 0.15) is 42.7 Å². The van der Waals surface area contributed by atoms with Crippen LogP contribution in [0.25, 0.3) is 6.08 Å². The van der Waals surface area contributed by atoms with Crippen LogP contribution < -0.4 is 5.32 Å². The van der Waals surface area contributed by atoms with E-state index >= 15 is 0 Å². The van der Waals surface area contributed by atoms with Gasteiger partial charge in [0.25, 0.3) is 0 Å². The second kappa shape index (κ2) is 10.6. The van der Waals surface area contributed by atoms with Crippen molar-refractivity contribution in [3.05, 3.63) is 72.1 Å². The second-order valence-electron chi connectivity index (χ2n) is 7.14. The van der Waals surface area contributed by atoms with Gasteiger partial charge >= 0.3 is 0 Å². The number of hydrogen-bond donors (Lipinski definition) is 1. The number of aromatic nitrogens is 1. The highest BCUT2D eigenvalue weighted by Crippen LogP contribution is 2.27. The summed E-state index contributed by atoms with van der Waals surface area (Å²) < 4.78 is 0. The monoisotopic (exact) mass is 363 g/mol. The number of unbranched alkanes of at least 4 members (excludes halogenated alkanes) is 1. The van der Waals surface area contributed by atoms with Crippen molar-refractivity contribution in [3.63, 3.8) is 0 Å². The lowest BCUT2D eigenvalue weighted by Crippen LogP contribution is -2.34. The number of pyridine rings is 1. The minimum atomic E-state index is -0.0393. The molecule has 1 fully saturated rings. The summed E-state index contributed by atoms with van der Waals surface area (Å²) in [6.45, 7) is 4.22. The number of carbonyl (C=O) groups is 1. The maximum absolute atomic E-state index is 11.8. The van der Waals surface area contributed by atoms with Crippen LogP contribution in [-0.4, -0.2) is 42.0 Å². The van der Waals surface area contributed by atoms with Crippen LogP contribution >= 0.6 is 0 Å². The van der Waals surface area contributed by atoms with Crippen LogP contribution in [0.5, 0.6) is 0 Å². The van der Waals surface area contributed by atoms with Crippen LogP contribution in [-0.2, 0) is 4.79 Å². The molecular formula is C23H29N3O. The van der Waals surface area contributed by atoms with E-state index in [9.17, 15) is 4.79 Å². The van der Waals surface area contributed by atoms with Gasteiger partial charge in [-0.05, 0) is 74.5 Å². The Morgan fingerprint density at radius 3 is 2.67 bits per heavy atom. The lowest BCUT2D eigenvalue weighted by Gasteiger charge is -2.32. The van der Waals surface area contributed by atoms with Crippen molar-refractivity contribution in [1.82, 2.24) is 15.2 Å². The first-order valence-corrected chi connectivity index (χ1v) is 9.94. The Bertz CT molecular complexity index is 707. The van der Waals surface area contributed by atoms with Crippen molar-refractivity contribution in [2.75, 3.05) is 26.2 Å². The number of nitrogens with zero attached hydrogens (tertiary/aromatic N) is 2. The lowest BCUT2D eigenvalue weighted by molar-refractivity contribution is -0.116. The maximum Gasteiger partial charge on any atom is 0.243 e. The fraction of sp³-hybridized carbons (Fsp3) is 0.391. The summed E-state index contributed by atoms with van der Waals surface area (Å²) in [4.78, 5) is 18.4.